The van der Waals surface area contributed by atoms with Gasteiger partial charge < -0.3 is 4.98 Å². The van der Waals surface area contributed by atoms with Gasteiger partial charge in [-0.25, -0.2) is 18.1 Å². The molecule has 0 amide bonds. The van der Waals surface area contributed by atoms with Gasteiger partial charge in [-0.05, 0) is 24.8 Å². The lowest BCUT2D eigenvalue weighted by atomic mass is 10.1. The van der Waals surface area contributed by atoms with E-state index in [1.165, 1.54) is 0 Å². The molecule has 1 saturated heterocycles. The molecule has 7 heteroatoms. The van der Waals surface area contributed by atoms with Crippen molar-refractivity contribution in [2.45, 2.75) is 38.8 Å². The van der Waals surface area contributed by atoms with Gasteiger partial charge in [-0.3, -0.25) is 4.90 Å². The van der Waals surface area contributed by atoms with E-state index < -0.39 is 10.0 Å². The Bertz CT molecular complexity index is 765. The molecule has 1 fully saturated rings. The lowest BCUT2D eigenvalue weighted by Gasteiger charge is -2.31. The van der Waals surface area contributed by atoms with Crippen LogP contribution in [0, 0.1) is 0 Å². The van der Waals surface area contributed by atoms with Crippen molar-refractivity contribution in [2.24, 2.45) is 0 Å². The molecule has 0 saturated carbocycles. The number of piperidine rings is 1. The second-order valence-corrected chi connectivity index (χ2v) is 8.47. The lowest BCUT2D eigenvalue weighted by molar-refractivity contribution is 0.196. The molecular weight excluding hydrogens is 336 g/mol. The minimum atomic E-state index is -3.12. The van der Waals surface area contributed by atoms with Gasteiger partial charge in [0.05, 0.1) is 24.2 Å². The van der Waals surface area contributed by atoms with Gasteiger partial charge in [0.1, 0.15) is 5.82 Å². The fourth-order valence-electron chi connectivity index (χ4n) is 3.21. The minimum absolute atomic E-state index is 0.0595. The molecule has 0 aliphatic carbocycles. The fourth-order valence-corrected chi connectivity index (χ4v) is 4.61. The molecule has 136 valence electrons. The number of imidazole rings is 1. The summed E-state index contributed by atoms with van der Waals surface area (Å²) in [7, 11) is -3.12. The van der Waals surface area contributed by atoms with Crippen molar-refractivity contribution < 1.29 is 8.42 Å². The van der Waals surface area contributed by atoms with E-state index in [2.05, 4.69) is 31.7 Å². The standard InChI is InChI=1S/C18H26N4O2S/c1-2-12-25(23,24)21-16-8-10-22(11-9-16)14-18-19-13-17(20-18)15-6-4-3-5-7-15/h3-7,13,16,21H,2,8-12,14H2,1H3,(H,19,20). The molecule has 1 aromatic carbocycles. The van der Waals surface area contributed by atoms with Crippen molar-refractivity contribution >= 4 is 10.0 Å². The molecule has 0 radical (unpaired) electrons. The Kier molecular flexibility index (Phi) is 5.88. The van der Waals surface area contributed by atoms with Crippen molar-refractivity contribution in [1.29, 1.82) is 0 Å². The van der Waals surface area contributed by atoms with Crippen molar-refractivity contribution in [3.63, 3.8) is 0 Å². The Hall–Kier alpha value is -1.70. The average Bonchev–Trinajstić information content (AvgIpc) is 3.06. The van der Waals surface area contributed by atoms with E-state index in [-0.39, 0.29) is 11.8 Å². The summed E-state index contributed by atoms with van der Waals surface area (Å²) < 4.78 is 26.6. The molecule has 1 aliphatic rings. The number of hydrogen-bond donors (Lipinski definition) is 2. The summed E-state index contributed by atoms with van der Waals surface area (Å²) in [6.07, 6.45) is 4.21. The predicted octanol–water partition coefficient (Wildman–Crippen LogP) is 2.37. The molecule has 2 N–H and O–H groups in total. The molecule has 0 unspecified atom stereocenters. The highest BCUT2D eigenvalue weighted by Gasteiger charge is 2.23. The first-order chi connectivity index (χ1) is 12.1. The molecule has 0 atom stereocenters. The fraction of sp³-hybridized carbons (Fsp3) is 0.500. The maximum Gasteiger partial charge on any atom is 0.211 e. The van der Waals surface area contributed by atoms with E-state index in [0.29, 0.717) is 6.42 Å². The zero-order valence-corrected chi connectivity index (χ0v) is 15.4. The SMILES string of the molecule is CCCS(=O)(=O)NC1CCN(Cc2ncc(-c3ccccc3)[nH]2)CC1. The number of nitrogens with one attached hydrogen (secondary N) is 2. The summed E-state index contributed by atoms with van der Waals surface area (Å²) in [6.45, 7) is 4.40. The van der Waals surface area contributed by atoms with Gasteiger partial charge in [-0.15, -0.1) is 0 Å². The summed E-state index contributed by atoms with van der Waals surface area (Å²) in [6, 6.07) is 10.2. The average molecular weight is 362 g/mol. The highest BCUT2D eigenvalue weighted by molar-refractivity contribution is 7.89. The van der Waals surface area contributed by atoms with Gasteiger partial charge >= 0.3 is 0 Å². The normalized spacial score (nSPS) is 17.0. The molecule has 2 aromatic rings. The van der Waals surface area contributed by atoms with Crippen LogP contribution < -0.4 is 4.72 Å². The van der Waals surface area contributed by atoms with E-state index in [1.54, 1.807) is 0 Å². The molecule has 2 heterocycles. The topological polar surface area (TPSA) is 78.1 Å². The molecule has 6 nitrogen and oxygen atoms in total. The number of aromatic amines is 1. The largest absolute Gasteiger partial charge is 0.341 e. The van der Waals surface area contributed by atoms with Crippen molar-refractivity contribution in [3.05, 3.63) is 42.4 Å². The van der Waals surface area contributed by atoms with Crippen LogP contribution in [0.15, 0.2) is 36.5 Å². The third-order valence-corrected chi connectivity index (χ3v) is 6.13. The Labute approximate surface area is 149 Å². The zero-order valence-electron chi connectivity index (χ0n) is 14.6. The van der Waals surface area contributed by atoms with Gasteiger partial charge in [0, 0.05) is 19.1 Å². The van der Waals surface area contributed by atoms with Gasteiger partial charge in [-0.2, -0.15) is 0 Å². The lowest BCUT2D eigenvalue weighted by Crippen LogP contribution is -2.45. The Morgan fingerprint density at radius 1 is 1.24 bits per heavy atom. The van der Waals surface area contributed by atoms with E-state index in [0.717, 1.165) is 49.6 Å². The monoisotopic (exact) mass is 362 g/mol. The van der Waals surface area contributed by atoms with Gasteiger partial charge in [0.15, 0.2) is 0 Å². The predicted molar refractivity (Wildman–Crippen MR) is 99.5 cm³/mol. The van der Waals surface area contributed by atoms with Crippen LogP contribution in [-0.2, 0) is 16.6 Å². The first-order valence-corrected chi connectivity index (χ1v) is 10.5. The summed E-state index contributed by atoms with van der Waals surface area (Å²) in [4.78, 5) is 10.2. The van der Waals surface area contributed by atoms with E-state index in [4.69, 9.17) is 0 Å². The maximum absolute atomic E-state index is 11.9. The number of H-pyrrole nitrogens is 1. The van der Waals surface area contributed by atoms with Crippen LogP contribution in [0.3, 0.4) is 0 Å². The van der Waals surface area contributed by atoms with E-state index >= 15 is 0 Å². The molecule has 25 heavy (non-hydrogen) atoms. The van der Waals surface area contributed by atoms with Crippen LogP contribution in [0.5, 0.6) is 0 Å². The zero-order chi connectivity index (χ0) is 17.7. The number of rotatable bonds is 7. The molecule has 0 bridgehead atoms. The Balaban J connectivity index is 1.50. The van der Waals surface area contributed by atoms with Crippen LogP contribution in [0.4, 0.5) is 0 Å². The molecule has 3 rings (SSSR count). The third kappa shape index (κ3) is 5.14. The first kappa shape index (κ1) is 18.1. The van der Waals surface area contributed by atoms with E-state index in [9.17, 15) is 8.42 Å². The smallest absolute Gasteiger partial charge is 0.211 e. The Morgan fingerprint density at radius 2 is 1.96 bits per heavy atom. The molecule has 1 aromatic heterocycles. The second-order valence-electron chi connectivity index (χ2n) is 6.60. The van der Waals surface area contributed by atoms with Gasteiger partial charge in [0.25, 0.3) is 0 Å². The van der Waals surface area contributed by atoms with Gasteiger partial charge in [0.2, 0.25) is 10.0 Å². The van der Waals surface area contributed by atoms with Crippen LogP contribution in [-0.4, -0.2) is 48.2 Å². The van der Waals surface area contributed by atoms with Crippen LogP contribution in [0.25, 0.3) is 11.3 Å². The second kappa shape index (κ2) is 8.12. The quantitative estimate of drug-likeness (QED) is 0.793. The summed E-state index contributed by atoms with van der Waals surface area (Å²) in [5.74, 6) is 1.16. The highest BCUT2D eigenvalue weighted by atomic mass is 32.2. The number of likely N-dealkylation sites (tertiary alicyclic amines) is 1. The number of benzene rings is 1. The first-order valence-electron chi connectivity index (χ1n) is 8.87. The van der Waals surface area contributed by atoms with E-state index in [1.807, 2.05) is 31.3 Å². The van der Waals surface area contributed by atoms with Crippen LogP contribution in [0.2, 0.25) is 0 Å². The van der Waals surface area contributed by atoms with Gasteiger partial charge in [-0.1, -0.05) is 37.3 Å². The third-order valence-electron chi connectivity index (χ3n) is 4.49. The van der Waals surface area contributed by atoms with Crippen molar-refractivity contribution in [3.8, 4) is 11.3 Å². The Morgan fingerprint density at radius 3 is 2.64 bits per heavy atom. The minimum Gasteiger partial charge on any atom is -0.341 e. The number of hydrogen-bond acceptors (Lipinski definition) is 4. The van der Waals surface area contributed by atoms with Crippen molar-refractivity contribution in [1.82, 2.24) is 19.6 Å². The highest BCUT2D eigenvalue weighted by Crippen LogP contribution is 2.18. The number of nitrogens with zero attached hydrogens (tertiary/aromatic N) is 2. The summed E-state index contributed by atoms with van der Waals surface area (Å²) in [5.41, 5.74) is 2.16. The molecule has 1 aliphatic heterocycles. The molecule has 0 spiro atoms. The number of sulfonamides is 1. The summed E-state index contributed by atoms with van der Waals surface area (Å²) in [5, 5.41) is 0. The summed E-state index contributed by atoms with van der Waals surface area (Å²) >= 11 is 0. The molecular formula is C18H26N4O2S. The van der Waals surface area contributed by atoms with Crippen LogP contribution >= 0.6 is 0 Å². The maximum atomic E-state index is 11.9. The van der Waals surface area contributed by atoms with Crippen molar-refractivity contribution in [2.75, 3.05) is 18.8 Å². The van der Waals surface area contributed by atoms with Crippen LogP contribution in [0.1, 0.15) is 32.0 Å². The number of aromatic nitrogens is 2.